The van der Waals surface area contributed by atoms with Crippen molar-refractivity contribution in [1.29, 1.82) is 0 Å². The lowest BCUT2D eigenvalue weighted by atomic mass is 9.95. The first-order valence-corrected chi connectivity index (χ1v) is 9.36. The summed E-state index contributed by atoms with van der Waals surface area (Å²) in [7, 11) is 0. The number of rotatable bonds is 7. The van der Waals surface area contributed by atoms with Gasteiger partial charge in [0.2, 0.25) is 0 Å². The van der Waals surface area contributed by atoms with E-state index in [4.69, 9.17) is 9.15 Å². The lowest BCUT2D eigenvalue weighted by Gasteiger charge is -2.22. The fourth-order valence-electron chi connectivity index (χ4n) is 3.28. The summed E-state index contributed by atoms with van der Waals surface area (Å²) in [6, 6.07) is 11.9. The summed E-state index contributed by atoms with van der Waals surface area (Å²) in [5.74, 6) is 1.71. The Hall–Kier alpha value is -2.23. The molecule has 1 amide bonds. The Morgan fingerprint density at radius 2 is 1.88 bits per heavy atom. The van der Waals surface area contributed by atoms with Gasteiger partial charge < -0.3 is 14.5 Å². The van der Waals surface area contributed by atoms with Crippen LogP contribution in [0.4, 0.5) is 0 Å². The Bertz CT molecular complexity index is 669. The highest BCUT2D eigenvalue weighted by atomic mass is 16.5. The summed E-state index contributed by atoms with van der Waals surface area (Å²) >= 11 is 0. The van der Waals surface area contributed by atoms with E-state index in [1.54, 1.807) is 12.1 Å². The zero-order valence-electron chi connectivity index (χ0n) is 14.9. The molecule has 134 valence electrons. The third-order valence-electron chi connectivity index (χ3n) is 4.67. The molecule has 0 unspecified atom stereocenters. The predicted molar refractivity (Wildman–Crippen MR) is 97.8 cm³/mol. The van der Waals surface area contributed by atoms with Crippen molar-refractivity contribution in [1.82, 2.24) is 5.32 Å². The lowest BCUT2D eigenvalue weighted by Crippen LogP contribution is -2.35. The Labute approximate surface area is 149 Å². The van der Waals surface area contributed by atoms with Gasteiger partial charge in [-0.3, -0.25) is 4.79 Å². The van der Waals surface area contributed by atoms with E-state index < -0.39 is 0 Å². The molecule has 3 rings (SSSR count). The molecule has 1 saturated carbocycles. The number of benzene rings is 1. The van der Waals surface area contributed by atoms with Gasteiger partial charge in [-0.15, -0.1) is 0 Å². The monoisotopic (exact) mass is 341 g/mol. The first kappa shape index (κ1) is 17.6. The molecule has 25 heavy (non-hydrogen) atoms. The second kappa shape index (κ2) is 8.75. The summed E-state index contributed by atoms with van der Waals surface area (Å²) in [6.45, 7) is 2.49. The molecule has 0 aliphatic heterocycles. The Kier molecular flexibility index (Phi) is 6.15. The van der Waals surface area contributed by atoms with Crippen molar-refractivity contribution in [2.75, 3.05) is 0 Å². The van der Waals surface area contributed by atoms with Crippen molar-refractivity contribution in [2.24, 2.45) is 0 Å². The number of carbonyl (C=O) groups is 1. The average molecular weight is 341 g/mol. The van der Waals surface area contributed by atoms with Crippen LogP contribution in [0, 0.1) is 0 Å². The largest absolute Gasteiger partial charge is 0.486 e. The molecule has 1 N–H and O–H groups in total. The second-order valence-electron chi connectivity index (χ2n) is 6.76. The van der Waals surface area contributed by atoms with Gasteiger partial charge in [0.15, 0.2) is 5.76 Å². The molecule has 0 saturated heterocycles. The van der Waals surface area contributed by atoms with Crippen molar-refractivity contribution in [2.45, 2.75) is 64.5 Å². The SMILES string of the molecule is CCCc1ccc(OCc2ccc(C(=O)NC3CCCCC3)o2)cc1. The Balaban J connectivity index is 1.49. The minimum Gasteiger partial charge on any atom is -0.486 e. The maximum Gasteiger partial charge on any atom is 0.287 e. The average Bonchev–Trinajstić information content (AvgIpc) is 3.11. The van der Waals surface area contributed by atoms with E-state index in [0.717, 1.165) is 31.4 Å². The van der Waals surface area contributed by atoms with Gasteiger partial charge in [0.05, 0.1) is 0 Å². The van der Waals surface area contributed by atoms with Crippen molar-refractivity contribution in [3.05, 3.63) is 53.5 Å². The number of amides is 1. The van der Waals surface area contributed by atoms with E-state index in [-0.39, 0.29) is 11.9 Å². The predicted octanol–water partition coefficient (Wildman–Crippen LogP) is 4.87. The van der Waals surface area contributed by atoms with Gasteiger partial charge in [0.25, 0.3) is 5.91 Å². The highest BCUT2D eigenvalue weighted by Gasteiger charge is 2.18. The van der Waals surface area contributed by atoms with Crippen LogP contribution < -0.4 is 10.1 Å². The van der Waals surface area contributed by atoms with Crippen LogP contribution >= 0.6 is 0 Å². The first-order valence-electron chi connectivity index (χ1n) is 9.36. The zero-order chi connectivity index (χ0) is 17.5. The summed E-state index contributed by atoms with van der Waals surface area (Å²) in [6.07, 6.45) is 8.01. The van der Waals surface area contributed by atoms with Gasteiger partial charge in [-0.05, 0) is 49.1 Å². The maximum absolute atomic E-state index is 12.3. The summed E-state index contributed by atoms with van der Waals surface area (Å²) < 4.78 is 11.4. The molecular formula is C21H27NO3. The van der Waals surface area contributed by atoms with Crippen molar-refractivity contribution in [3.63, 3.8) is 0 Å². The smallest absolute Gasteiger partial charge is 0.287 e. The molecule has 1 aromatic carbocycles. The van der Waals surface area contributed by atoms with E-state index in [1.165, 1.54) is 24.8 Å². The van der Waals surface area contributed by atoms with Crippen molar-refractivity contribution in [3.8, 4) is 5.75 Å². The van der Waals surface area contributed by atoms with Crippen LogP contribution in [-0.2, 0) is 13.0 Å². The molecule has 0 atom stereocenters. The summed E-state index contributed by atoms with van der Waals surface area (Å²) in [5.41, 5.74) is 1.31. The number of furan rings is 1. The minimum absolute atomic E-state index is 0.123. The summed E-state index contributed by atoms with van der Waals surface area (Å²) in [5, 5.41) is 3.07. The Morgan fingerprint density at radius 1 is 1.12 bits per heavy atom. The van der Waals surface area contributed by atoms with Crippen LogP contribution in [0.3, 0.4) is 0 Å². The lowest BCUT2D eigenvalue weighted by molar-refractivity contribution is 0.0895. The van der Waals surface area contributed by atoms with E-state index in [0.29, 0.717) is 18.1 Å². The van der Waals surface area contributed by atoms with Crippen LogP contribution in [0.1, 0.15) is 67.3 Å². The fraction of sp³-hybridized carbons (Fsp3) is 0.476. The number of hydrogen-bond acceptors (Lipinski definition) is 3. The molecule has 4 heteroatoms. The molecule has 1 fully saturated rings. The number of nitrogens with one attached hydrogen (secondary N) is 1. The van der Waals surface area contributed by atoms with Gasteiger partial charge >= 0.3 is 0 Å². The van der Waals surface area contributed by atoms with E-state index >= 15 is 0 Å². The normalized spacial score (nSPS) is 15.1. The van der Waals surface area contributed by atoms with E-state index in [1.807, 2.05) is 12.1 Å². The van der Waals surface area contributed by atoms with Gasteiger partial charge in [-0.2, -0.15) is 0 Å². The number of hydrogen-bond donors (Lipinski definition) is 1. The molecule has 1 heterocycles. The minimum atomic E-state index is -0.123. The topological polar surface area (TPSA) is 51.5 Å². The first-order chi connectivity index (χ1) is 12.2. The second-order valence-corrected chi connectivity index (χ2v) is 6.76. The van der Waals surface area contributed by atoms with Gasteiger partial charge in [0.1, 0.15) is 18.1 Å². The zero-order valence-corrected chi connectivity index (χ0v) is 14.9. The highest BCUT2D eigenvalue weighted by Crippen LogP contribution is 2.19. The Morgan fingerprint density at radius 3 is 2.60 bits per heavy atom. The number of ether oxygens (including phenoxy) is 1. The van der Waals surface area contributed by atoms with Crippen molar-refractivity contribution < 1.29 is 13.9 Å². The van der Waals surface area contributed by atoms with Gasteiger partial charge in [-0.1, -0.05) is 44.7 Å². The third-order valence-corrected chi connectivity index (χ3v) is 4.67. The van der Waals surface area contributed by atoms with Crippen LogP contribution in [0.2, 0.25) is 0 Å². The van der Waals surface area contributed by atoms with Crippen LogP contribution in [0.15, 0.2) is 40.8 Å². The highest BCUT2D eigenvalue weighted by molar-refractivity contribution is 5.91. The quantitative estimate of drug-likeness (QED) is 0.781. The number of aryl methyl sites for hydroxylation is 1. The molecule has 0 spiro atoms. The molecule has 0 radical (unpaired) electrons. The summed E-state index contributed by atoms with van der Waals surface area (Å²) in [4.78, 5) is 12.3. The van der Waals surface area contributed by atoms with Crippen LogP contribution in [0.5, 0.6) is 5.75 Å². The van der Waals surface area contributed by atoms with E-state index in [2.05, 4.69) is 24.4 Å². The number of carbonyl (C=O) groups excluding carboxylic acids is 1. The van der Waals surface area contributed by atoms with Gasteiger partial charge in [0, 0.05) is 6.04 Å². The van der Waals surface area contributed by atoms with Gasteiger partial charge in [-0.25, -0.2) is 0 Å². The molecule has 2 aromatic rings. The fourth-order valence-corrected chi connectivity index (χ4v) is 3.28. The molecule has 0 bridgehead atoms. The molecule has 1 aliphatic rings. The molecule has 1 aliphatic carbocycles. The van der Waals surface area contributed by atoms with Crippen LogP contribution in [-0.4, -0.2) is 11.9 Å². The molecule has 1 aromatic heterocycles. The van der Waals surface area contributed by atoms with E-state index in [9.17, 15) is 4.79 Å². The standard InChI is InChI=1S/C21H27NO3/c1-2-6-16-9-11-18(12-10-16)24-15-19-13-14-20(25-19)21(23)22-17-7-4-3-5-8-17/h9-14,17H,2-8,15H2,1H3,(H,22,23). The third kappa shape index (κ3) is 5.12. The molecule has 4 nitrogen and oxygen atoms in total. The maximum atomic E-state index is 12.3. The van der Waals surface area contributed by atoms with Crippen molar-refractivity contribution >= 4 is 5.91 Å². The molecular weight excluding hydrogens is 314 g/mol. The van der Waals surface area contributed by atoms with Crippen LogP contribution in [0.25, 0.3) is 0 Å².